The largest absolute Gasteiger partial charge is 0.493 e. The van der Waals surface area contributed by atoms with Crippen LogP contribution in [-0.2, 0) is 16.8 Å². The second-order valence-corrected chi connectivity index (χ2v) is 10.3. The predicted molar refractivity (Wildman–Crippen MR) is 109 cm³/mol. The van der Waals surface area contributed by atoms with Gasteiger partial charge in [-0.1, -0.05) is 0 Å². The second-order valence-electron chi connectivity index (χ2n) is 7.94. The Kier molecular flexibility index (Phi) is 3.91. The summed E-state index contributed by atoms with van der Waals surface area (Å²) >= 11 is 0. The first-order valence-corrected chi connectivity index (χ1v) is 11.3. The van der Waals surface area contributed by atoms with Crippen molar-refractivity contribution < 1.29 is 8.95 Å². The monoisotopic (exact) mass is 397 g/mol. The molecular weight excluding hydrogens is 374 g/mol. The summed E-state index contributed by atoms with van der Waals surface area (Å²) in [5.41, 5.74) is 2.07. The molecule has 1 atom stereocenters. The van der Waals surface area contributed by atoms with Crippen molar-refractivity contribution in [2.75, 3.05) is 6.61 Å². The van der Waals surface area contributed by atoms with Crippen LogP contribution in [0.4, 0.5) is 0 Å². The van der Waals surface area contributed by atoms with Crippen molar-refractivity contribution in [3.63, 3.8) is 0 Å². The third-order valence-electron chi connectivity index (χ3n) is 5.65. The molecule has 2 heterocycles. The number of rotatable bonds is 6. The summed E-state index contributed by atoms with van der Waals surface area (Å²) in [5, 5.41) is 0.755. The van der Waals surface area contributed by atoms with E-state index in [9.17, 15) is 9.00 Å². The van der Waals surface area contributed by atoms with E-state index < -0.39 is 9.73 Å². The second kappa shape index (κ2) is 6.24. The van der Waals surface area contributed by atoms with Gasteiger partial charge >= 0.3 is 0 Å². The molecule has 1 unspecified atom stereocenters. The average Bonchev–Trinajstić information content (AvgIpc) is 3.61. The molecule has 146 valence electrons. The molecule has 5 rings (SSSR count). The third-order valence-corrected chi connectivity index (χ3v) is 8.02. The van der Waals surface area contributed by atoms with Gasteiger partial charge < -0.3 is 14.3 Å². The van der Waals surface area contributed by atoms with E-state index in [2.05, 4.69) is 4.98 Å². The number of pyridine rings is 1. The van der Waals surface area contributed by atoms with Crippen LogP contribution < -0.4 is 10.3 Å². The van der Waals surface area contributed by atoms with Gasteiger partial charge in [0, 0.05) is 46.1 Å². The van der Waals surface area contributed by atoms with Crippen LogP contribution in [0.25, 0.3) is 22.0 Å². The van der Waals surface area contributed by atoms with E-state index in [1.165, 1.54) is 12.8 Å². The first-order chi connectivity index (χ1) is 13.4. The van der Waals surface area contributed by atoms with Crippen LogP contribution in [0.3, 0.4) is 0 Å². The van der Waals surface area contributed by atoms with Crippen molar-refractivity contribution in [2.45, 2.75) is 35.8 Å². The lowest BCUT2D eigenvalue weighted by Crippen LogP contribution is -2.16. The number of hydrogen-bond acceptors (Lipinski definition) is 4. The zero-order chi connectivity index (χ0) is 19.5. The van der Waals surface area contributed by atoms with Gasteiger partial charge in [0.2, 0.25) is 0 Å². The summed E-state index contributed by atoms with van der Waals surface area (Å²) in [4.78, 5) is 16.0. The summed E-state index contributed by atoms with van der Waals surface area (Å²) < 4.78 is 29.1. The molecule has 28 heavy (non-hydrogen) atoms. The Balaban J connectivity index is 1.70. The van der Waals surface area contributed by atoms with Crippen LogP contribution in [0.5, 0.6) is 5.75 Å². The minimum Gasteiger partial charge on any atom is -0.493 e. The standard InChI is InChI=1S/C21H23N3O3S/c1-24-11-18(16-8-9-23-20(16)21(24)25)17-10-15(28(22,26)14-4-5-14)6-7-19(17)27-12-13-2-3-13/h6-11,13-14,22-23H,2-5,12H2,1H3. The van der Waals surface area contributed by atoms with Gasteiger partial charge in [0.1, 0.15) is 11.3 Å². The van der Waals surface area contributed by atoms with Gasteiger partial charge in [-0.15, -0.1) is 0 Å². The summed E-state index contributed by atoms with van der Waals surface area (Å²) in [6, 6.07) is 7.33. The Morgan fingerprint density at radius 3 is 2.71 bits per heavy atom. The molecule has 2 N–H and O–H groups in total. The number of aromatic amines is 1. The minimum absolute atomic E-state index is 0.0500. The van der Waals surface area contributed by atoms with Crippen LogP contribution in [0.15, 0.2) is 46.3 Å². The van der Waals surface area contributed by atoms with Crippen LogP contribution in [-0.4, -0.2) is 25.6 Å². The van der Waals surface area contributed by atoms with Crippen molar-refractivity contribution in [3.8, 4) is 16.9 Å². The molecule has 7 heteroatoms. The van der Waals surface area contributed by atoms with Crippen molar-refractivity contribution in [3.05, 3.63) is 47.0 Å². The normalized spacial score (nSPS) is 18.9. The van der Waals surface area contributed by atoms with Gasteiger partial charge in [0.05, 0.1) is 16.3 Å². The lowest BCUT2D eigenvalue weighted by Gasteiger charge is -2.16. The number of H-pyrrole nitrogens is 1. The van der Waals surface area contributed by atoms with Crippen LogP contribution in [0.1, 0.15) is 25.7 Å². The summed E-state index contributed by atoms with van der Waals surface area (Å²) in [6.07, 6.45) is 7.63. The maximum Gasteiger partial charge on any atom is 0.274 e. The van der Waals surface area contributed by atoms with Crippen molar-refractivity contribution in [2.24, 2.45) is 13.0 Å². The van der Waals surface area contributed by atoms with E-state index >= 15 is 0 Å². The topological polar surface area (TPSA) is 87.9 Å². The molecule has 6 nitrogen and oxygen atoms in total. The number of aromatic nitrogens is 2. The Bertz CT molecular complexity index is 1230. The third kappa shape index (κ3) is 2.94. The average molecular weight is 398 g/mol. The Morgan fingerprint density at radius 2 is 2.00 bits per heavy atom. The van der Waals surface area contributed by atoms with E-state index in [-0.39, 0.29) is 10.8 Å². The van der Waals surface area contributed by atoms with E-state index in [1.54, 1.807) is 30.1 Å². The maximum absolute atomic E-state index is 13.0. The highest BCUT2D eigenvalue weighted by Gasteiger charge is 2.34. The van der Waals surface area contributed by atoms with Crippen LogP contribution in [0, 0.1) is 10.7 Å². The fraction of sp³-hybridized carbons (Fsp3) is 0.381. The molecule has 0 radical (unpaired) electrons. The molecule has 3 aromatic rings. The maximum atomic E-state index is 13.0. The number of nitrogens with one attached hydrogen (secondary N) is 2. The molecule has 2 aromatic heterocycles. The Hall–Kier alpha value is -2.54. The van der Waals surface area contributed by atoms with E-state index in [4.69, 9.17) is 9.52 Å². The van der Waals surface area contributed by atoms with E-state index in [0.29, 0.717) is 28.7 Å². The van der Waals surface area contributed by atoms with Gasteiger partial charge in [-0.25, -0.2) is 8.99 Å². The number of ether oxygens (including phenoxy) is 1. The van der Waals surface area contributed by atoms with E-state index in [1.807, 2.05) is 18.2 Å². The van der Waals surface area contributed by atoms with Gasteiger partial charge in [-0.3, -0.25) is 4.79 Å². The van der Waals surface area contributed by atoms with E-state index in [0.717, 1.165) is 29.4 Å². The molecule has 0 amide bonds. The molecule has 1 aromatic carbocycles. The molecule has 2 fully saturated rings. The summed E-state index contributed by atoms with van der Waals surface area (Å²) in [7, 11) is -1.10. The number of benzene rings is 1. The highest BCUT2D eigenvalue weighted by molar-refractivity contribution is 7.93. The highest BCUT2D eigenvalue weighted by atomic mass is 32.2. The van der Waals surface area contributed by atoms with Gasteiger partial charge in [-0.2, -0.15) is 0 Å². The van der Waals surface area contributed by atoms with Crippen molar-refractivity contribution in [1.29, 1.82) is 4.78 Å². The lowest BCUT2D eigenvalue weighted by molar-refractivity contribution is 0.301. The molecule has 2 aliphatic rings. The fourth-order valence-electron chi connectivity index (χ4n) is 3.60. The van der Waals surface area contributed by atoms with Crippen LogP contribution in [0.2, 0.25) is 0 Å². The molecule has 2 aliphatic carbocycles. The number of hydrogen-bond donors (Lipinski definition) is 2. The number of aryl methyl sites for hydroxylation is 1. The van der Waals surface area contributed by atoms with Gasteiger partial charge in [-0.05, 0) is 55.9 Å². The SMILES string of the molecule is Cn1cc(-c2cc(S(=N)(=O)C3CC3)ccc2OCC2CC2)c2cc[nH]c2c1=O. The molecular formula is C21H23N3O3S. The summed E-state index contributed by atoms with van der Waals surface area (Å²) in [5.74, 6) is 1.31. The van der Waals surface area contributed by atoms with Crippen molar-refractivity contribution in [1.82, 2.24) is 9.55 Å². The van der Waals surface area contributed by atoms with Gasteiger partial charge in [0.25, 0.3) is 5.56 Å². The fourth-order valence-corrected chi connectivity index (χ4v) is 5.35. The molecule has 0 bridgehead atoms. The molecule has 0 spiro atoms. The van der Waals surface area contributed by atoms with Gasteiger partial charge in [0.15, 0.2) is 0 Å². The quantitative estimate of drug-likeness (QED) is 0.661. The minimum atomic E-state index is -2.82. The Labute approximate surface area is 163 Å². The summed E-state index contributed by atoms with van der Waals surface area (Å²) in [6.45, 7) is 0.660. The van der Waals surface area contributed by atoms with Crippen LogP contribution >= 0.6 is 0 Å². The zero-order valence-electron chi connectivity index (χ0n) is 15.7. The predicted octanol–water partition coefficient (Wildman–Crippen LogP) is 3.89. The van der Waals surface area contributed by atoms with Crippen molar-refractivity contribution >= 4 is 20.6 Å². The Morgan fingerprint density at radius 1 is 1.21 bits per heavy atom. The molecule has 0 aliphatic heterocycles. The molecule has 0 saturated heterocycles. The lowest BCUT2D eigenvalue weighted by atomic mass is 10.0. The zero-order valence-corrected chi connectivity index (χ0v) is 16.6. The first-order valence-electron chi connectivity index (χ1n) is 9.67. The molecule has 2 saturated carbocycles. The number of fused-ring (bicyclic) bond motifs is 1. The highest BCUT2D eigenvalue weighted by Crippen LogP contribution is 2.40. The smallest absolute Gasteiger partial charge is 0.274 e. The first kappa shape index (κ1) is 17.6. The number of nitrogens with zero attached hydrogens (tertiary/aromatic N) is 1.